The maximum atomic E-state index is 12.5. The first-order valence-electron chi connectivity index (χ1n) is 7.09. The summed E-state index contributed by atoms with van der Waals surface area (Å²) >= 11 is 0. The maximum Gasteiger partial charge on any atom is 0.281 e. The lowest BCUT2D eigenvalue weighted by atomic mass is 9.86. The summed E-state index contributed by atoms with van der Waals surface area (Å²) in [7, 11) is 0.508. The van der Waals surface area contributed by atoms with E-state index in [1.807, 2.05) is 6.07 Å². The summed E-state index contributed by atoms with van der Waals surface area (Å²) in [5.41, 5.74) is -0.120. The molecule has 0 aromatic heterocycles. The second kappa shape index (κ2) is 5.76. The number of aliphatic hydroxyl groups excluding tert-OH is 1. The summed E-state index contributed by atoms with van der Waals surface area (Å²) in [5, 5.41) is 19.8. The number of benzene rings is 1. The lowest BCUT2D eigenvalue weighted by Crippen LogP contribution is -2.55. The molecule has 1 N–H and O–H groups in total. The van der Waals surface area contributed by atoms with E-state index in [2.05, 4.69) is 0 Å². The van der Waals surface area contributed by atoms with Crippen molar-refractivity contribution in [1.29, 1.82) is 5.26 Å². The van der Waals surface area contributed by atoms with E-state index in [9.17, 15) is 13.5 Å². The van der Waals surface area contributed by atoms with Crippen molar-refractivity contribution >= 4 is 10.2 Å². The van der Waals surface area contributed by atoms with Crippen molar-refractivity contribution in [2.24, 2.45) is 0 Å². The van der Waals surface area contributed by atoms with E-state index in [1.165, 1.54) is 21.1 Å². The number of nitrogens with zero attached hydrogens (tertiary/aromatic N) is 3. The van der Waals surface area contributed by atoms with Gasteiger partial charge in [0.15, 0.2) is 0 Å². The van der Waals surface area contributed by atoms with E-state index in [0.29, 0.717) is 16.9 Å². The molecular formula is C15H21N3O4S. The first-order valence-corrected chi connectivity index (χ1v) is 8.48. The Kier molecular flexibility index (Phi) is 4.43. The molecule has 1 heterocycles. The summed E-state index contributed by atoms with van der Waals surface area (Å²) in [6, 6.07) is 5.95. The second-order valence-electron chi connectivity index (χ2n) is 6.27. The molecular weight excluding hydrogens is 318 g/mol. The van der Waals surface area contributed by atoms with Crippen LogP contribution in [0.4, 0.5) is 0 Å². The zero-order chi connectivity index (χ0) is 17.6. The fourth-order valence-electron chi connectivity index (χ4n) is 2.63. The fraction of sp³-hybridized carbons (Fsp3) is 0.533. The van der Waals surface area contributed by atoms with Gasteiger partial charge < -0.3 is 9.84 Å². The number of rotatable bonds is 3. The normalized spacial score (nSPS) is 23.3. The van der Waals surface area contributed by atoms with Crippen LogP contribution in [0.2, 0.25) is 0 Å². The summed E-state index contributed by atoms with van der Waals surface area (Å²) in [6.45, 7) is 3.39. The van der Waals surface area contributed by atoms with Gasteiger partial charge in [0.25, 0.3) is 10.2 Å². The highest BCUT2D eigenvalue weighted by Gasteiger charge is 2.47. The van der Waals surface area contributed by atoms with Crippen LogP contribution in [0.1, 0.15) is 31.0 Å². The van der Waals surface area contributed by atoms with Crippen LogP contribution >= 0.6 is 0 Å². The molecule has 1 aromatic carbocycles. The maximum absolute atomic E-state index is 12.5. The van der Waals surface area contributed by atoms with E-state index in [0.717, 1.165) is 8.61 Å². The Morgan fingerprint density at radius 2 is 1.91 bits per heavy atom. The molecule has 8 heteroatoms. The highest BCUT2D eigenvalue weighted by molar-refractivity contribution is 7.86. The van der Waals surface area contributed by atoms with Gasteiger partial charge >= 0.3 is 0 Å². The third-order valence-electron chi connectivity index (χ3n) is 4.06. The molecule has 1 aliphatic heterocycles. The molecule has 0 spiro atoms. The Morgan fingerprint density at radius 3 is 2.43 bits per heavy atom. The van der Waals surface area contributed by atoms with Crippen LogP contribution in [0.25, 0.3) is 0 Å². The topological polar surface area (TPSA) is 93.9 Å². The number of likely N-dealkylation sites (N-methyl/N-ethyl adjacent to an activating group) is 1. The molecule has 0 aliphatic carbocycles. The smallest absolute Gasteiger partial charge is 0.281 e. The van der Waals surface area contributed by atoms with Crippen molar-refractivity contribution in [3.05, 3.63) is 29.3 Å². The first-order chi connectivity index (χ1) is 10.5. The average molecular weight is 339 g/mol. The summed E-state index contributed by atoms with van der Waals surface area (Å²) in [6.07, 6.45) is -1.09. The van der Waals surface area contributed by atoms with E-state index in [-0.39, 0.29) is 0 Å². The Balaban J connectivity index is 2.64. The van der Waals surface area contributed by atoms with Gasteiger partial charge in [-0.3, -0.25) is 0 Å². The van der Waals surface area contributed by atoms with Crippen molar-refractivity contribution in [2.45, 2.75) is 31.6 Å². The van der Waals surface area contributed by atoms with Gasteiger partial charge in [-0.2, -0.15) is 22.3 Å². The molecule has 0 amide bonds. The van der Waals surface area contributed by atoms with Crippen LogP contribution in [0.15, 0.2) is 18.2 Å². The van der Waals surface area contributed by atoms with Crippen LogP contribution in [-0.4, -0.2) is 55.0 Å². The average Bonchev–Trinajstić information content (AvgIpc) is 2.47. The van der Waals surface area contributed by atoms with Gasteiger partial charge in [-0.05, 0) is 32.0 Å². The standard InChI is InChI=1S/C15H21N3O4S/c1-15(2)14(19)13(18(5)23(20,21)17(3)4)11-8-10(9-16)6-7-12(11)22-15/h6-8,13-14,19H,1-5H3/t13-,14+/m0/s1. The summed E-state index contributed by atoms with van der Waals surface area (Å²) < 4.78 is 33.0. The Bertz CT molecular complexity index is 752. The minimum Gasteiger partial charge on any atom is -0.485 e. The quantitative estimate of drug-likeness (QED) is 0.882. The van der Waals surface area contributed by atoms with Crippen molar-refractivity contribution in [3.8, 4) is 11.8 Å². The minimum atomic E-state index is -3.75. The summed E-state index contributed by atoms with van der Waals surface area (Å²) in [4.78, 5) is 0. The van der Waals surface area contributed by atoms with Gasteiger partial charge in [-0.1, -0.05) is 0 Å². The molecule has 0 radical (unpaired) electrons. The molecule has 23 heavy (non-hydrogen) atoms. The number of aliphatic hydroxyl groups is 1. The molecule has 7 nitrogen and oxygen atoms in total. The number of hydrogen-bond donors (Lipinski definition) is 1. The van der Waals surface area contributed by atoms with Gasteiger partial charge in [0.1, 0.15) is 17.5 Å². The van der Waals surface area contributed by atoms with Gasteiger partial charge in [-0.15, -0.1) is 0 Å². The zero-order valence-corrected chi connectivity index (χ0v) is 14.6. The molecule has 0 unspecified atom stereocenters. The predicted octanol–water partition coefficient (Wildman–Crippen LogP) is 0.869. The van der Waals surface area contributed by atoms with Crippen molar-refractivity contribution in [1.82, 2.24) is 8.61 Å². The SMILES string of the molecule is CN(C)S(=O)(=O)N(C)[C@H]1c2cc(C#N)ccc2OC(C)(C)[C@@H]1O. The molecule has 0 saturated carbocycles. The molecule has 126 valence electrons. The molecule has 1 aromatic rings. The molecule has 2 rings (SSSR count). The van der Waals surface area contributed by atoms with Crippen LogP contribution < -0.4 is 4.74 Å². The van der Waals surface area contributed by atoms with Crippen molar-refractivity contribution < 1.29 is 18.3 Å². The van der Waals surface area contributed by atoms with Crippen LogP contribution in [0.5, 0.6) is 5.75 Å². The molecule has 1 aliphatic rings. The van der Waals surface area contributed by atoms with E-state index in [4.69, 9.17) is 10.00 Å². The number of ether oxygens (including phenoxy) is 1. The molecule has 2 atom stereocenters. The molecule has 0 saturated heterocycles. The third-order valence-corrected chi connectivity index (χ3v) is 5.94. The van der Waals surface area contributed by atoms with Gasteiger partial charge in [0, 0.05) is 26.7 Å². The zero-order valence-electron chi connectivity index (χ0n) is 13.8. The lowest BCUT2D eigenvalue weighted by Gasteiger charge is -2.45. The first kappa shape index (κ1) is 17.7. The van der Waals surface area contributed by atoms with E-state index in [1.54, 1.807) is 32.0 Å². The Labute approximate surface area is 136 Å². The minimum absolute atomic E-state index is 0.375. The van der Waals surface area contributed by atoms with E-state index < -0.39 is 28.0 Å². The molecule has 0 fully saturated rings. The van der Waals surface area contributed by atoms with Gasteiger partial charge in [0.2, 0.25) is 0 Å². The lowest BCUT2D eigenvalue weighted by molar-refractivity contribution is -0.0768. The monoisotopic (exact) mass is 339 g/mol. The van der Waals surface area contributed by atoms with Gasteiger partial charge in [-0.25, -0.2) is 0 Å². The van der Waals surface area contributed by atoms with Crippen LogP contribution in [0.3, 0.4) is 0 Å². The number of fused-ring (bicyclic) bond motifs is 1. The van der Waals surface area contributed by atoms with Crippen molar-refractivity contribution in [2.75, 3.05) is 21.1 Å². The Hall–Kier alpha value is -1.66. The third kappa shape index (κ3) is 2.93. The Morgan fingerprint density at radius 1 is 1.30 bits per heavy atom. The highest BCUT2D eigenvalue weighted by Crippen LogP contribution is 2.43. The van der Waals surface area contributed by atoms with Crippen molar-refractivity contribution in [3.63, 3.8) is 0 Å². The highest BCUT2D eigenvalue weighted by atomic mass is 32.2. The van der Waals surface area contributed by atoms with E-state index >= 15 is 0 Å². The molecule has 0 bridgehead atoms. The summed E-state index contributed by atoms with van der Waals surface area (Å²) in [5.74, 6) is 0.463. The second-order valence-corrected chi connectivity index (χ2v) is 8.47. The van der Waals surface area contributed by atoms with Crippen LogP contribution in [0, 0.1) is 11.3 Å². The van der Waals surface area contributed by atoms with Crippen LogP contribution in [-0.2, 0) is 10.2 Å². The largest absolute Gasteiger partial charge is 0.485 e. The number of hydrogen-bond acceptors (Lipinski definition) is 5. The van der Waals surface area contributed by atoms with Gasteiger partial charge in [0.05, 0.1) is 17.7 Å². The predicted molar refractivity (Wildman–Crippen MR) is 85.0 cm³/mol. The number of nitriles is 1. The fourth-order valence-corrected chi connectivity index (χ4v) is 3.66.